The fraction of sp³-hybridized carbons (Fsp3) is 0.200. The van der Waals surface area contributed by atoms with Crippen LogP contribution in [0.5, 0.6) is 0 Å². The molecule has 0 aliphatic rings. The molecule has 0 unspecified atom stereocenters. The number of carbonyl (C=O) groups is 1. The average molecular weight is 255 g/mol. The van der Waals surface area contributed by atoms with Crippen LogP contribution in [-0.2, 0) is 13.1 Å². The average Bonchev–Trinajstić information content (AvgIpc) is 2.41. The van der Waals surface area contributed by atoms with E-state index >= 15 is 0 Å². The first kappa shape index (κ1) is 13.2. The Kier molecular flexibility index (Phi) is 4.26. The molecule has 0 spiro atoms. The van der Waals surface area contributed by atoms with Crippen LogP contribution in [0.1, 0.15) is 27.0 Å². The zero-order valence-corrected chi connectivity index (χ0v) is 10.9. The van der Waals surface area contributed by atoms with Gasteiger partial charge in [0.05, 0.1) is 0 Å². The molecule has 19 heavy (non-hydrogen) atoms. The molecular weight excluding hydrogens is 238 g/mol. The molecule has 1 amide bonds. The summed E-state index contributed by atoms with van der Waals surface area (Å²) in [6.45, 7) is 3.50. The van der Waals surface area contributed by atoms with E-state index in [1.807, 2.05) is 37.4 Å². The Hall–Kier alpha value is -2.20. The number of amides is 1. The predicted octanol–water partition coefficient (Wildman–Crippen LogP) is 1.78. The first-order chi connectivity index (χ1) is 9.16. The number of nitrogens with one attached hydrogen (secondary N) is 1. The van der Waals surface area contributed by atoms with E-state index in [2.05, 4.69) is 10.3 Å². The van der Waals surface area contributed by atoms with Gasteiger partial charge in [-0.25, -0.2) is 0 Å². The smallest absolute Gasteiger partial charge is 0.248 e. The predicted molar refractivity (Wildman–Crippen MR) is 74.5 cm³/mol. The molecule has 1 heterocycles. The minimum Gasteiger partial charge on any atom is -0.366 e. The molecule has 2 aromatic rings. The Morgan fingerprint density at radius 2 is 2.16 bits per heavy atom. The normalized spacial score (nSPS) is 10.4. The molecule has 0 radical (unpaired) electrons. The molecular formula is C15H17N3O. The van der Waals surface area contributed by atoms with Crippen LogP contribution >= 0.6 is 0 Å². The molecule has 0 fully saturated rings. The monoisotopic (exact) mass is 255 g/mol. The summed E-state index contributed by atoms with van der Waals surface area (Å²) in [4.78, 5) is 15.1. The zero-order chi connectivity index (χ0) is 13.7. The van der Waals surface area contributed by atoms with Crippen LogP contribution in [0, 0.1) is 6.92 Å². The van der Waals surface area contributed by atoms with Gasteiger partial charge in [0.25, 0.3) is 0 Å². The molecule has 3 N–H and O–H groups in total. The first-order valence-corrected chi connectivity index (χ1v) is 6.16. The summed E-state index contributed by atoms with van der Waals surface area (Å²) in [6, 6.07) is 9.47. The lowest BCUT2D eigenvalue weighted by Crippen LogP contribution is -2.15. The molecule has 0 atom stereocenters. The SMILES string of the molecule is Cc1cc(C(N)=O)ccc1CNCc1cccnc1. The number of aryl methyl sites for hydroxylation is 1. The summed E-state index contributed by atoms with van der Waals surface area (Å²) < 4.78 is 0. The molecule has 4 nitrogen and oxygen atoms in total. The standard InChI is InChI=1S/C15H17N3O/c1-11-7-13(15(16)19)4-5-14(11)10-18-9-12-3-2-6-17-8-12/h2-8,18H,9-10H2,1H3,(H2,16,19). The second kappa shape index (κ2) is 6.11. The first-order valence-electron chi connectivity index (χ1n) is 6.16. The Bertz CT molecular complexity index is 567. The Labute approximate surface area is 112 Å². The molecule has 0 saturated heterocycles. The molecule has 0 bridgehead atoms. The van der Waals surface area contributed by atoms with Crippen molar-refractivity contribution in [3.05, 3.63) is 65.0 Å². The third kappa shape index (κ3) is 3.63. The van der Waals surface area contributed by atoms with Gasteiger partial charge in [-0.05, 0) is 41.8 Å². The molecule has 2 rings (SSSR count). The van der Waals surface area contributed by atoms with Crippen LogP contribution in [0.4, 0.5) is 0 Å². The number of benzene rings is 1. The number of aromatic nitrogens is 1. The zero-order valence-electron chi connectivity index (χ0n) is 10.9. The minimum atomic E-state index is -0.391. The summed E-state index contributed by atoms with van der Waals surface area (Å²) in [5.74, 6) is -0.391. The highest BCUT2D eigenvalue weighted by atomic mass is 16.1. The van der Waals surface area contributed by atoms with Gasteiger partial charge in [0.15, 0.2) is 0 Å². The van der Waals surface area contributed by atoms with E-state index in [1.165, 1.54) is 0 Å². The van der Waals surface area contributed by atoms with Crippen LogP contribution in [0.3, 0.4) is 0 Å². The summed E-state index contributed by atoms with van der Waals surface area (Å²) in [7, 11) is 0. The van der Waals surface area contributed by atoms with E-state index in [0.717, 1.165) is 29.8 Å². The molecule has 4 heteroatoms. The highest BCUT2D eigenvalue weighted by molar-refractivity contribution is 5.93. The quantitative estimate of drug-likeness (QED) is 0.855. The summed E-state index contributed by atoms with van der Waals surface area (Å²) >= 11 is 0. The summed E-state index contributed by atoms with van der Waals surface area (Å²) in [6.07, 6.45) is 3.60. The van der Waals surface area contributed by atoms with Crippen LogP contribution < -0.4 is 11.1 Å². The van der Waals surface area contributed by atoms with Crippen molar-refractivity contribution < 1.29 is 4.79 Å². The van der Waals surface area contributed by atoms with Gasteiger partial charge in [0.2, 0.25) is 5.91 Å². The number of nitrogens with two attached hydrogens (primary N) is 1. The number of carbonyl (C=O) groups excluding carboxylic acids is 1. The van der Waals surface area contributed by atoms with Crippen molar-refractivity contribution in [2.24, 2.45) is 5.73 Å². The van der Waals surface area contributed by atoms with Gasteiger partial charge in [-0.2, -0.15) is 0 Å². The van der Waals surface area contributed by atoms with E-state index < -0.39 is 5.91 Å². The van der Waals surface area contributed by atoms with Gasteiger partial charge in [0, 0.05) is 31.0 Å². The van der Waals surface area contributed by atoms with Crippen molar-refractivity contribution in [1.82, 2.24) is 10.3 Å². The summed E-state index contributed by atoms with van der Waals surface area (Å²) in [5, 5.41) is 3.35. The van der Waals surface area contributed by atoms with Crippen LogP contribution in [-0.4, -0.2) is 10.9 Å². The van der Waals surface area contributed by atoms with E-state index in [4.69, 9.17) is 5.73 Å². The lowest BCUT2D eigenvalue weighted by Gasteiger charge is -2.09. The van der Waals surface area contributed by atoms with Gasteiger partial charge in [-0.3, -0.25) is 9.78 Å². The van der Waals surface area contributed by atoms with Gasteiger partial charge in [0.1, 0.15) is 0 Å². The molecule has 0 saturated carbocycles. The third-order valence-corrected chi connectivity index (χ3v) is 2.99. The minimum absolute atomic E-state index is 0.391. The number of hydrogen-bond acceptors (Lipinski definition) is 3. The maximum atomic E-state index is 11.1. The number of nitrogens with zero attached hydrogens (tertiary/aromatic N) is 1. The van der Waals surface area contributed by atoms with E-state index in [1.54, 1.807) is 12.3 Å². The lowest BCUT2D eigenvalue weighted by molar-refractivity contribution is 0.1000. The van der Waals surface area contributed by atoms with Crippen LogP contribution in [0.2, 0.25) is 0 Å². The molecule has 0 aliphatic heterocycles. The fourth-order valence-corrected chi connectivity index (χ4v) is 1.89. The van der Waals surface area contributed by atoms with E-state index in [9.17, 15) is 4.79 Å². The van der Waals surface area contributed by atoms with Gasteiger partial charge in [-0.1, -0.05) is 12.1 Å². The van der Waals surface area contributed by atoms with Gasteiger partial charge in [-0.15, -0.1) is 0 Å². The highest BCUT2D eigenvalue weighted by Gasteiger charge is 2.03. The molecule has 98 valence electrons. The Morgan fingerprint density at radius 1 is 1.32 bits per heavy atom. The van der Waals surface area contributed by atoms with Crippen molar-refractivity contribution in [1.29, 1.82) is 0 Å². The Morgan fingerprint density at radius 3 is 2.79 bits per heavy atom. The topological polar surface area (TPSA) is 68.0 Å². The maximum absolute atomic E-state index is 11.1. The van der Waals surface area contributed by atoms with Crippen LogP contribution in [0.25, 0.3) is 0 Å². The van der Waals surface area contributed by atoms with E-state index in [0.29, 0.717) is 5.56 Å². The molecule has 1 aromatic heterocycles. The number of primary amides is 1. The van der Waals surface area contributed by atoms with Crippen molar-refractivity contribution in [2.75, 3.05) is 0 Å². The third-order valence-electron chi connectivity index (χ3n) is 2.99. The van der Waals surface area contributed by atoms with Crippen molar-refractivity contribution in [3.8, 4) is 0 Å². The van der Waals surface area contributed by atoms with Crippen molar-refractivity contribution in [3.63, 3.8) is 0 Å². The lowest BCUT2D eigenvalue weighted by atomic mass is 10.0. The van der Waals surface area contributed by atoms with Gasteiger partial charge < -0.3 is 11.1 Å². The molecule has 1 aromatic carbocycles. The van der Waals surface area contributed by atoms with Crippen molar-refractivity contribution >= 4 is 5.91 Å². The number of hydrogen-bond donors (Lipinski definition) is 2. The van der Waals surface area contributed by atoms with Crippen LogP contribution in [0.15, 0.2) is 42.7 Å². The largest absolute Gasteiger partial charge is 0.366 e. The second-order valence-electron chi connectivity index (χ2n) is 4.47. The highest BCUT2D eigenvalue weighted by Crippen LogP contribution is 2.11. The van der Waals surface area contributed by atoms with E-state index in [-0.39, 0.29) is 0 Å². The summed E-state index contributed by atoms with van der Waals surface area (Å²) in [5.41, 5.74) is 9.17. The fourth-order valence-electron chi connectivity index (χ4n) is 1.89. The Balaban J connectivity index is 1.95. The second-order valence-corrected chi connectivity index (χ2v) is 4.47. The number of pyridine rings is 1. The maximum Gasteiger partial charge on any atom is 0.248 e. The molecule has 0 aliphatic carbocycles. The van der Waals surface area contributed by atoms with Crippen molar-refractivity contribution in [2.45, 2.75) is 20.0 Å². The number of rotatable bonds is 5. The van der Waals surface area contributed by atoms with Gasteiger partial charge >= 0.3 is 0 Å².